The van der Waals surface area contributed by atoms with Crippen LogP contribution in [-0.4, -0.2) is 21.8 Å². The molecular weight excluding hydrogens is 267 g/mol. The molecule has 1 N–H and O–H groups in total. The van der Waals surface area contributed by atoms with Crippen LogP contribution in [0.3, 0.4) is 0 Å². The lowest BCUT2D eigenvalue weighted by molar-refractivity contribution is 0.505. The minimum Gasteiger partial charge on any atom is -0.312 e. The van der Waals surface area contributed by atoms with Crippen LogP contribution >= 0.6 is 11.6 Å². The zero-order valence-corrected chi connectivity index (χ0v) is 11.7. The molecule has 0 saturated carbocycles. The highest BCUT2D eigenvalue weighted by Gasteiger charge is 2.20. The maximum atomic E-state index is 13.9. The molecule has 1 atom stereocenters. The molecule has 19 heavy (non-hydrogen) atoms. The SMILES string of the molecule is CCn1ncnc1CC(NC)c1c(F)cccc1Cl. The van der Waals surface area contributed by atoms with E-state index < -0.39 is 0 Å². The van der Waals surface area contributed by atoms with E-state index in [1.165, 1.54) is 12.4 Å². The summed E-state index contributed by atoms with van der Waals surface area (Å²) in [5.74, 6) is 0.496. The van der Waals surface area contributed by atoms with Crippen molar-refractivity contribution in [2.75, 3.05) is 7.05 Å². The second-order valence-electron chi connectivity index (χ2n) is 4.17. The molecule has 0 spiro atoms. The van der Waals surface area contributed by atoms with Gasteiger partial charge in [0.1, 0.15) is 18.0 Å². The second-order valence-corrected chi connectivity index (χ2v) is 4.58. The molecule has 0 aliphatic carbocycles. The molecule has 0 aliphatic rings. The lowest BCUT2D eigenvalue weighted by atomic mass is 10.0. The number of nitrogens with one attached hydrogen (secondary N) is 1. The Kier molecular flexibility index (Phi) is 4.50. The van der Waals surface area contributed by atoms with Crippen LogP contribution in [0.25, 0.3) is 0 Å². The van der Waals surface area contributed by atoms with Crippen molar-refractivity contribution in [1.29, 1.82) is 0 Å². The summed E-state index contributed by atoms with van der Waals surface area (Å²) in [5.41, 5.74) is 0.470. The lowest BCUT2D eigenvalue weighted by Crippen LogP contribution is -2.22. The van der Waals surface area contributed by atoms with Gasteiger partial charge in [-0.25, -0.2) is 9.37 Å². The van der Waals surface area contributed by atoms with Crippen molar-refractivity contribution in [3.8, 4) is 0 Å². The van der Waals surface area contributed by atoms with E-state index in [1.807, 2.05) is 6.92 Å². The Labute approximate surface area is 116 Å². The first-order chi connectivity index (χ1) is 9.17. The van der Waals surface area contributed by atoms with E-state index in [9.17, 15) is 4.39 Å². The summed E-state index contributed by atoms with van der Waals surface area (Å²) in [6, 6.07) is 4.47. The molecule has 1 aromatic heterocycles. The normalized spacial score (nSPS) is 12.6. The van der Waals surface area contributed by atoms with Crippen molar-refractivity contribution in [3.63, 3.8) is 0 Å². The van der Waals surface area contributed by atoms with Gasteiger partial charge in [-0.2, -0.15) is 5.10 Å². The molecule has 1 aromatic carbocycles. The fourth-order valence-electron chi connectivity index (χ4n) is 2.08. The fraction of sp³-hybridized carbons (Fsp3) is 0.385. The molecule has 1 unspecified atom stereocenters. The van der Waals surface area contributed by atoms with E-state index in [0.29, 0.717) is 17.0 Å². The average Bonchev–Trinajstić information content (AvgIpc) is 2.84. The van der Waals surface area contributed by atoms with E-state index in [-0.39, 0.29) is 11.9 Å². The first-order valence-electron chi connectivity index (χ1n) is 6.15. The first-order valence-corrected chi connectivity index (χ1v) is 6.53. The Morgan fingerprint density at radius 1 is 1.47 bits per heavy atom. The highest BCUT2D eigenvalue weighted by molar-refractivity contribution is 6.31. The molecule has 0 aliphatic heterocycles. The third-order valence-electron chi connectivity index (χ3n) is 3.08. The number of hydrogen-bond donors (Lipinski definition) is 1. The Morgan fingerprint density at radius 2 is 2.26 bits per heavy atom. The number of rotatable bonds is 5. The molecular formula is C13H16ClFN4. The molecule has 2 rings (SSSR count). The molecule has 0 fully saturated rings. The number of aromatic nitrogens is 3. The van der Waals surface area contributed by atoms with Gasteiger partial charge in [-0.1, -0.05) is 17.7 Å². The highest BCUT2D eigenvalue weighted by atomic mass is 35.5. The van der Waals surface area contributed by atoms with E-state index in [1.54, 1.807) is 23.9 Å². The molecule has 0 amide bonds. The third kappa shape index (κ3) is 2.93. The van der Waals surface area contributed by atoms with Crippen molar-refractivity contribution in [3.05, 3.63) is 46.8 Å². The van der Waals surface area contributed by atoms with Crippen LogP contribution in [0, 0.1) is 5.82 Å². The van der Waals surface area contributed by atoms with Crippen LogP contribution in [0.5, 0.6) is 0 Å². The van der Waals surface area contributed by atoms with Crippen molar-refractivity contribution in [1.82, 2.24) is 20.1 Å². The number of halogens is 2. The molecule has 0 bridgehead atoms. The Morgan fingerprint density at radius 3 is 2.89 bits per heavy atom. The Bertz CT molecular complexity index is 535. The van der Waals surface area contributed by atoms with Gasteiger partial charge in [0, 0.05) is 29.6 Å². The number of nitrogens with zero attached hydrogens (tertiary/aromatic N) is 3. The van der Waals surface area contributed by atoms with Gasteiger partial charge in [0.2, 0.25) is 0 Å². The smallest absolute Gasteiger partial charge is 0.138 e. The highest BCUT2D eigenvalue weighted by Crippen LogP contribution is 2.27. The molecule has 1 heterocycles. The zero-order chi connectivity index (χ0) is 13.8. The van der Waals surface area contributed by atoms with Crippen molar-refractivity contribution < 1.29 is 4.39 Å². The van der Waals surface area contributed by atoms with Crippen LogP contribution in [0.2, 0.25) is 5.02 Å². The summed E-state index contributed by atoms with van der Waals surface area (Å²) >= 11 is 6.09. The monoisotopic (exact) mass is 282 g/mol. The number of benzene rings is 1. The van der Waals surface area contributed by atoms with Crippen molar-refractivity contribution >= 4 is 11.6 Å². The van der Waals surface area contributed by atoms with Crippen LogP contribution in [-0.2, 0) is 13.0 Å². The van der Waals surface area contributed by atoms with E-state index in [0.717, 1.165) is 12.4 Å². The van der Waals surface area contributed by atoms with Gasteiger partial charge in [0.05, 0.1) is 0 Å². The van der Waals surface area contributed by atoms with Crippen LogP contribution in [0.4, 0.5) is 4.39 Å². The number of aryl methyl sites for hydroxylation is 1. The summed E-state index contributed by atoms with van der Waals surface area (Å²) in [6.07, 6.45) is 2.04. The van der Waals surface area contributed by atoms with Crippen LogP contribution < -0.4 is 5.32 Å². The minimum absolute atomic E-state index is 0.233. The van der Waals surface area contributed by atoms with Crippen molar-refractivity contribution in [2.45, 2.75) is 25.9 Å². The largest absolute Gasteiger partial charge is 0.312 e. The molecule has 4 nitrogen and oxygen atoms in total. The molecule has 0 radical (unpaired) electrons. The summed E-state index contributed by atoms with van der Waals surface area (Å²) in [6.45, 7) is 2.72. The fourth-order valence-corrected chi connectivity index (χ4v) is 2.38. The Balaban J connectivity index is 2.30. The maximum absolute atomic E-state index is 13.9. The van der Waals surface area contributed by atoms with Gasteiger partial charge in [0.15, 0.2) is 0 Å². The predicted octanol–water partition coefficient (Wildman–Crippen LogP) is 2.59. The average molecular weight is 283 g/mol. The second kappa shape index (κ2) is 6.12. The van der Waals surface area contributed by atoms with Crippen LogP contribution in [0.15, 0.2) is 24.5 Å². The molecule has 102 valence electrons. The topological polar surface area (TPSA) is 42.7 Å². The van der Waals surface area contributed by atoms with Crippen molar-refractivity contribution in [2.24, 2.45) is 0 Å². The Hall–Kier alpha value is -1.46. The van der Waals surface area contributed by atoms with E-state index in [2.05, 4.69) is 15.4 Å². The van der Waals surface area contributed by atoms with Crippen LogP contribution in [0.1, 0.15) is 24.4 Å². The summed E-state index contributed by atoms with van der Waals surface area (Å²) in [5, 5.41) is 7.61. The van der Waals surface area contributed by atoms with Gasteiger partial charge in [-0.15, -0.1) is 0 Å². The molecule has 0 saturated heterocycles. The molecule has 6 heteroatoms. The quantitative estimate of drug-likeness (QED) is 0.917. The van der Waals surface area contributed by atoms with Gasteiger partial charge in [-0.3, -0.25) is 4.68 Å². The maximum Gasteiger partial charge on any atom is 0.138 e. The van der Waals surface area contributed by atoms with Gasteiger partial charge < -0.3 is 5.32 Å². The summed E-state index contributed by atoms with van der Waals surface area (Å²) in [4.78, 5) is 4.21. The van der Waals surface area contributed by atoms with E-state index >= 15 is 0 Å². The van der Waals surface area contributed by atoms with Gasteiger partial charge in [-0.05, 0) is 26.1 Å². The van der Waals surface area contributed by atoms with Gasteiger partial charge >= 0.3 is 0 Å². The summed E-state index contributed by atoms with van der Waals surface area (Å²) < 4.78 is 15.7. The standard InChI is InChI=1S/C13H16ClFN4/c1-3-19-12(17-8-18-19)7-11(16-2)13-9(14)5-4-6-10(13)15/h4-6,8,11,16H,3,7H2,1-2H3. The first kappa shape index (κ1) is 14.0. The van der Waals surface area contributed by atoms with Gasteiger partial charge in [0.25, 0.3) is 0 Å². The molecule has 2 aromatic rings. The third-order valence-corrected chi connectivity index (χ3v) is 3.41. The zero-order valence-electron chi connectivity index (χ0n) is 10.9. The lowest BCUT2D eigenvalue weighted by Gasteiger charge is -2.18. The number of hydrogen-bond acceptors (Lipinski definition) is 3. The summed E-state index contributed by atoms with van der Waals surface area (Å²) in [7, 11) is 1.78. The minimum atomic E-state index is -0.311. The number of likely N-dealkylation sites (N-methyl/N-ethyl adjacent to an activating group) is 1. The predicted molar refractivity (Wildman–Crippen MR) is 72.6 cm³/mol. The van der Waals surface area contributed by atoms with E-state index in [4.69, 9.17) is 11.6 Å².